The number of halogens is 2. The van der Waals surface area contributed by atoms with Crippen LogP contribution in [0.25, 0.3) is 0 Å². The van der Waals surface area contributed by atoms with E-state index in [2.05, 4.69) is 57.2 Å². The topological polar surface area (TPSA) is 43.7 Å². The van der Waals surface area contributed by atoms with Gasteiger partial charge in [0.25, 0.3) is 0 Å². The van der Waals surface area contributed by atoms with Crippen LogP contribution in [0.1, 0.15) is 18.1 Å². The van der Waals surface area contributed by atoms with Crippen LogP contribution in [0.15, 0.2) is 60.7 Å². The van der Waals surface area contributed by atoms with Gasteiger partial charge in [0.1, 0.15) is 0 Å². The maximum absolute atomic E-state index is 7.50. The summed E-state index contributed by atoms with van der Waals surface area (Å²) in [5.41, 5.74) is 1.88. The molecule has 0 aliphatic carbocycles. The molecule has 0 bridgehead atoms. The summed E-state index contributed by atoms with van der Waals surface area (Å²) in [4.78, 5) is 0. The monoisotopic (exact) mass is 711 g/mol. The molecule has 0 atom stereocenters. The van der Waals surface area contributed by atoms with Crippen molar-refractivity contribution in [1.29, 1.82) is 5.26 Å². The Kier molecular flexibility index (Phi) is 31.0. The van der Waals surface area contributed by atoms with Gasteiger partial charge in [-0.1, -0.05) is 48.2 Å². The van der Waals surface area contributed by atoms with E-state index in [1.165, 1.54) is 6.92 Å². The molecule has 2 aromatic rings. The van der Waals surface area contributed by atoms with Crippen LogP contribution in [0.4, 0.5) is 0 Å². The van der Waals surface area contributed by atoms with E-state index in [0.717, 1.165) is 11.1 Å². The molecule has 2 rings (SSSR count). The predicted octanol–water partition coefficient (Wildman–Crippen LogP) is 5.60. The number of terminal acetylenes is 2. The van der Waals surface area contributed by atoms with Crippen LogP contribution in [0.5, 0.6) is 0 Å². The molecule has 0 unspecified atom stereocenters. The van der Waals surface area contributed by atoms with Crippen molar-refractivity contribution in [2.24, 2.45) is 0 Å². The average molecular weight is 711 g/mol. The molecule has 5 heteroatoms. The van der Waals surface area contributed by atoms with Crippen molar-refractivity contribution in [3.63, 3.8) is 0 Å². The first-order chi connectivity index (χ1) is 11.7. The first-order valence-electron chi connectivity index (χ1n) is 6.14. The van der Waals surface area contributed by atoms with Crippen LogP contribution in [0, 0.1) is 42.7 Å². The molecule has 0 radical (unpaired) electrons. The van der Waals surface area contributed by atoms with Crippen molar-refractivity contribution in [3.8, 4) is 30.8 Å². The van der Waals surface area contributed by atoms with E-state index in [1.54, 1.807) is 6.07 Å². The van der Waals surface area contributed by atoms with Crippen LogP contribution in [-0.4, -0.2) is 0 Å². The second kappa shape index (κ2) is 26.8. The van der Waals surface area contributed by atoms with Gasteiger partial charge in [-0.3, -0.25) is 0 Å². The molecule has 2 nitrogen and oxygen atoms in total. The van der Waals surface area contributed by atoms with Crippen molar-refractivity contribution in [2.45, 2.75) is 6.92 Å². The Bertz CT molecular complexity index is 589. The molecule has 2 aromatic carbocycles. The molecular weight excluding hydrogens is 696 g/mol. The fraction of sp³-hybridized carbons (Fsp3) is 0.0526. The van der Waals surface area contributed by atoms with Gasteiger partial charge in [0, 0.05) is 18.1 Å². The molecule has 0 aliphatic rings. The van der Waals surface area contributed by atoms with Crippen molar-refractivity contribution >= 4 is 38.7 Å². The van der Waals surface area contributed by atoms with Gasteiger partial charge < -0.3 is 0 Å². The van der Waals surface area contributed by atoms with Gasteiger partial charge in [0.2, 0.25) is 0 Å². The van der Waals surface area contributed by atoms with Gasteiger partial charge in [-0.25, -0.2) is 0 Å². The van der Waals surface area contributed by atoms with Crippen LogP contribution in [0.2, 0.25) is 0 Å². The number of hydrogen-bond donors (Lipinski definition) is 0. The first-order valence-corrected chi connectivity index (χ1v) is 22.8. The molecule has 0 heterocycles. The van der Waals surface area contributed by atoms with Gasteiger partial charge in [-0.05, 0) is 24.3 Å². The second-order valence-corrected chi connectivity index (χ2v) is 24.7. The zero-order valence-electron chi connectivity index (χ0n) is 12.9. The van der Waals surface area contributed by atoms with E-state index in [1.807, 2.05) is 60.7 Å². The molecule has 0 spiro atoms. The number of nitriles is 1. The number of benzene rings is 2. The van der Waals surface area contributed by atoms with Gasteiger partial charge in [-0.2, -0.15) is 5.26 Å². The van der Waals surface area contributed by atoms with Crippen LogP contribution in [-0.2, 0) is 15.9 Å². The Labute approximate surface area is 174 Å². The normalized spacial score (nSPS) is 6.42. The molecule has 0 amide bonds. The minimum atomic E-state index is 0.190. The Morgan fingerprint density at radius 3 is 1.21 bits per heavy atom. The van der Waals surface area contributed by atoms with E-state index in [0.29, 0.717) is 0 Å². The molecule has 0 fully saturated rings. The van der Waals surface area contributed by atoms with E-state index in [9.17, 15) is 0 Å². The fourth-order valence-corrected chi connectivity index (χ4v) is 1.07. The number of nitrogens with zero attached hydrogens (tertiary/aromatic N) is 1. The summed E-state index contributed by atoms with van der Waals surface area (Å²) in [6, 6.07) is 21.0. The summed E-state index contributed by atoms with van der Waals surface area (Å²) >= 11 is 5.07. The maximum atomic E-state index is 7.50. The molecular formula is C19H15I2NOW. The molecule has 0 aliphatic heterocycles. The molecule has 0 saturated heterocycles. The Balaban J connectivity index is -0.000000260. The molecule has 0 aromatic heterocycles. The van der Waals surface area contributed by atoms with Crippen molar-refractivity contribution in [2.75, 3.05) is 0 Å². The van der Waals surface area contributed by atoms with Gasteiger partial charge in [0.05, 0.1) is 6.07 Å². The first kappa shape index (κ1) is 27.8. The zero-order chi connectivity index (χ0) is 19.1. The van der Waals surface area contributed by atoms with Gasteiger partial charge in [-0.15, -0.1) is 12.8 Å². The van der Waals surface area contributed by atoms with Crippen LogP contribution >= 0.6 is 38.7 Å². The third-order valence-corrected chi connectivity index (χ3v) is 1.88. The molecule has 0 N–H and O–H groups in total. The number of hydrogen-bond acceptors (Lipinski definition) is 1. The Hall–Kier alpha value is -1.06. The van der Waals surface area contributed by atoms with E-state index >= 15 is 0 Å². The van der Waals surface area contributed by atoms with Crippen molar-refractivity contribution in [3.05, 3.63) is 78.4 Å². The average Bonchev–Trinajstić information content (AvgIpc) is 2.66. The predicted molar refractivity (Wildman–Crippen MR) is 112 cm³/mol. The zero-order valence-corrected chi connectivity index (χ0v) is 20.2. The van der Waals surface area contributed by atoms with Crippen LogP contribution < -0.4 is 0 Å². The van der Waals surface area contributed by atoms with E-state index < -0.39 is 0 Å². The summed E-state index contributed by atoms with van der Waals surface area (Å²) in [7, 11) is 0. The molecule has 24 heavy (non-hydrogen) atoms. The van der Waals surface area contributed by atoms with Gasteiger partial charge >= 0.3 is 61.2 Å². The summed E-state index contributed by atoms with van der Waals surface area (Å²) in [5.74, 6) is 5.05. The fourth-order valence-electron chi connectivity index (χ4n) is 1.07. The van der Waals surface area contributed by atoms with Crippen molar-refractivity contribution in [1.82, 2.24) is 0 Å². The van der Waals surface area contributed by atoms with Crippen molar-refractivity contribution < 1.29 is 15.9 Å². The summed E-state index contributed by atoms with van der Waals surface area (Å²) in [5, 5.41) is 7.32. The minimum absolute atomic E-state index is 0.190. The summed E-state index contributed by atoms with van der Waals surface area (Å²) in [6.07, 6.45) is 10.2. The summed E-state index contributed by atoms with van der Waals surface area (Å²) in [6.45, 7) is 5.93. The Morgan fingerprint density at radius 2 is 1.08 bits per heavy atom. The SMILES string of the molecule is C#Cc1ccccc1.C#Cc1ccccc1.CC#N.[C-]#[O+].[I][W][I]. The van der Waals surface area contributed by atoms with Gasteiger partial charge in [0.15, 0.2) is 0 Å². The Morgan fingerprint density at radius 1 is 0.875 bits per heavy atom. The summed E-state index contributed by atoms with van der Waals surface area (Å²) < 4.78 is 7.50. The number of rotatable bonds is 0. The quantitative estimate of drug-likeness (QED) is 0.152. The standard InChI is InChI=1S/2C8H6.C2H3N.CO.2HI.W/c2*1-2-8-6-4-3-5-7-8;1-2-3;1-2;;;/h2*1,3-7H;1H3;;2*1H;/q;;;;;;+2/p-2. The third-order valence-electron chi connectivity index (χ3n) is 1.88. The van der Waals surface area contributed by atoms with E-state index in [4.69, 9.17) is 22.8 Å². The molecule has 122 valence electrons. The second-order valence-electron chi connectivity index (χ2n) is 3.30. The van der Waals surface area contributed by atoms with Crippen LogP contribution in [0.3, 0.4) is 0 Å². The van der Waals surface area contributed by atoms with E-state index in [-0.39, 0.29) is 11.2 Å². The molecule has 0 saturated carbocycles. The third kappa shape index (κ3) is 23.2.